The van der Waals surface area contributed by atoms with Gasteiger partial charge in [0.1, 0.15) is 11.5 Å². The molecule has 0 aliphatic carbocycles. The molecule has 0 amide bonds. The normalized spacial score (nSPS) is 12.9. The molecule has 1 aliphatic rings. The van der Waals surface area contributed by atoms with E-state index in [9.17, 15) is 0 Å². The van der Waals surface area contributed by atoms with E-state index in [4.69, 9.17) is 16.7 Å². The molecule has 2 heterocycles. The molecule has 0 saturated heterocycles. The molecule has 1 aromatic heterocycles. The maximum Gasteiger partial charge on any atom is 0.252 e. The molecule has 0 atom stereocenters. The van der Waals surface area contributed by atoms with E-state index in [2.05, 4.69) is 28.9 Å². The van der Waals surface area contributed by atoms with Gasteiger partial charge in [0.2, 0.25) is 0 Å². The number of hydrogen-bond donors (Lipinski definition) is 0. The highest BCUT2D eigenvalue weighted by Crippen LogP contribution is 2.29. The molecular weight excluding hydrogens is 334 g/mol. The van der Waals surface area contributed by atoms with Crippen LogP contribution in [0.15, 0.2) is 66.3 Å². The standard InChI is InChI=1S/C19H16ClN5/c1-3-12-24-19-22-21-13(2)25(19)17-7-5-4-6-16(17)18(23-24)14-8-10-15(20)11-9-14/h3-11H,1,12H2,2H3. The van der Waals surface area contributed by atoms with Crippen LogP contribution in [0.25, 0.3) is 5.69 Å². The second-order valence-corrected chi connectivity index (χ2v) is 6.16. The van der Waals surface area contributed by atoms with E-state index in [-0.39, 0.29) is 0 Å². The number of fused-ring (bicyclic) bond motifs is 3. The highest BCUT2D eigenvalue weighted by atomic mass is 35.5. The van der Waals surface area contributed by atoms with Gasteiger partial charge in [-0.25, -0.2) is 5.01 Å². The zero-order valence-electron chi connectivity index (χ0n) is 13.7. The van der Waals surface area contributed by atoms with Crippen molar-refractivity contribution in [1.29, 1.82) is 0 Å². The van der Waals surface area contributed by atoms with E-state index < -0.39 is 0 Å². The first-order valence-corrected chi connectivity index (χ1v) is 8.31. The number of halogens is 1. The smallest absolute Gasteiger partial charge is 0.252 e. The molecule has 0 bridgehead atoms. The molecule has 124 valence electrons. The van der Waals surface area contributed by atoms with Crippen LogP contribution >= 0.6 is 11.6 Å². The monoisotopic (exact) mass is 349 g/mol. The van der Waals surface area contributed by atoms with Gasteiger partial charge in [-0.2, -0.15) is 5.10 Å². The summed E-state index contributed by atoms with van der Waals surface area (Å²) in [6.45, 7) is 6.31. The summed E-state index contributed by atoms with van der Waals surface area (Å²) >= 11 is 6.05. The molecule has 3 aromatic rings. The highest BCUT2D eigenvalue weighted by molar-refractivity contribution is 6.30. The lowest BCUT2D eigenvalue weighted by atomic mass is 10.0. The molecule has 6 heteroatoms. The summed E-state index contributed by atoms with van der Waals surface area (Å²) in [5.74, 6) is 1.48. The molecule has 0 N–H and O–H groups in total. The Hall–Kier alpha value is -2.92. The van der Waals surface area contributed by atoms with Crippen molar-refractivity contribution in [3.63, 3.8) is 0 Å². The van der Waals surface area contributed by atoms with Crippen molar-refractivity contribution in [3.05, 3.63) is 83.2 Å². The van der Waals surface area contributed by atoms with E-state index in [0.29, 0.717) is 17.5 Å². The Labute approximate surface area is 150 Å². The Morgan fingerprint density at radius 1 is 1.08 bits per heavy atom. The number of hydrogen-bond acceptors (Lipinski definition) is 4. The van der Waals surface area contributed by atoms with Crippen LogP contribution in [-0.4, -0.2) is 27.0 Å². The van der Waals surface area contributed by atoms with Crippen LogP contribution in [0.5, 0.6) is 0 Å². The number of nitrogens with zero attached hydrogens (tertiary/aromatic N) is 5. The van der Waals surface area contributed by atoms with Gasteiger partial charge in [-0.1, -0.05) is 48.0 Å². The summed E-state index contributed by atoms with van der Waals surface area (Å²) in [7, 11) is 0. The molecule has 0 unspecified atom stereocenters. The van der Waals surface area contributed by atoms with Crippen molar-refractivity contribution in [1.82, 2.24) is 14.8 Å². The Balaban J connectivity index is 2.00. The molecule has 1 aliphatic heterocycles. The lowest BCUT2D eigenvalue weighted by molar-refractivity contribution is 0.856. The Morgan fingerprint density at radius 2 is 1.84 bits per heavy atom. The fourth-order valence-electron chi connectivity index (χ4n) is 2.95. The fraction of sp³-hybridized carbons (Fsp3) is 0.105. The van der Waals surface area contributed by atoms with E-state index in [1.807, 2.05) is 52.9 Å². The first kappa shape index (κ1) is 15.6. The molecule has 0 radical (unpaired) electrons. The number of rotatable bonds is 3. The lowest BCUT2D eigenvalue weighted by Crippen LogP contribution is -2.20. The van der Waals surface area contributed by atoms with Crippen molar-refractivity contribution < 1.29 is 0 Å². The van der Waals surface area contributed by atoms with Crippen molar-refractivity contribution in [2.75, 3.05) is 11.6 Å². The number of para-hydroxylation sites is 1. The minimum atomic E-state index is 0.531. The first-order chi connectivity index (χ1) is 12.2. The minimum absolute atomic E-state index is 0.531. The summed E-state index contributed by atoms with van der Waals surface area (Å²) in [4.78, 5) is 0. The summed E-state index contributed by atoms with van der Waals surface area (Å²) < 4.78 is 2.02. The lowest BCUT2D eigenvalue weighted by Gasteiger charge is -2.15. The molecule has 25 heavy (non-hydrogen) atoms. The Kier molecular flexibility index (Phi) is 3.86. The molecule has 5 nitrogen and oxygen atoms in total. The average Bonchev–Trinajstić information content (AvgIpc) is 2.94. The van der Waals surface area contributed by atoms with Crippen LogP contribution in [0.2, 0.25) is 5.02 Å². The molecule has 4 rings (SSSR count). The van der Waals surface area contributed by atoms with E-state index in [1.165, 1.54) is 0 Å². The average molecular weight is 350 g/mol. The van der Waals surface area contributed by atoms with Gasteiger partial charge in [0.05, 0.1) is 12.2 Å². The third kappa shape index (κ3) is 2.62. The predicted octanol–water partition coefficient (Wildman–Crippen LogP) is 3.99. The highest BCUT2D eigenvalue weighted by Gasteiger charge is 2.25. The van der Waals surface area contributed by atoms with Gasteiger partial charge < -0.3 is 0 Å². The van der Waals surface area contributed by atoms with Crippen LogP contribution < -0.4 is 5.01 Å². The number of aryl methyl sites for hydroxylation is 1. The van der Waals surface area contributed by atoms with Gasteiger partial charge in [0, 0.05) is 16.1 Å². The van der Waals surface area contributed by atoms with Gasteiger partial charge in [0.25, 0.3) is 5.95 Å². The molecule has 0 saturated carbocycles. The van der Waals surface area contributed by atoms with Gasteiger partial charge in [0.15, 0.2) is 0 Å². The largest absolute Gasteiger partial charge is 0.263 e. The van der Waals surface area contributed by atoms with Crippen molar-refractivity contribution >= 4 is 23.3 Å². The summed E-state index contributed by atoms with van der Waals surface area (Å²) in [5, 5.41) is 15.9. The van der Waals surface area contributed by atoms with Crippen LogP contribution in [-0.2, 0) is 0 Å². The van der Waals surface area contributed by atoms with Gasteiger partial charge in [-0.05, 0) is 25.1 Å². The molecule has 0 spiro atoms. The van der Waals surface area contributed by atoms with Gasteiger partial charge in [-0.3, -0.25) is 4.57 Å². The van der Waals surface area contributed by atoms with Crippen LogP contribution in [0.4, 0.5) is 5.95 Å². The zero-order valence-corrected chi connectivity index (χ0v) is 14.5. The third-order valence-electron chi connectivity index (χ3n) is 4.08. The topological polar surface area (TPSA) is 46.3 Å². The molecule has 0 fully saturated rings. The quantitative estimate of drug-likeness (QED) is 0.672. The maximum atomic E-state index is 6.05. The minimum Gasteiger partial charge on any atom is -0.263 e. The first-order valence-electron chi connectivity index (χ1n) is 7.94. The predicted molar refractivity (Wildman–Crippen MR) is 101 cm³/mol. The van der Waals surface area contributed by atoms with Crippen molar-refractivity contribution in [3.8, 4) is 5.69 Å². The van der Waals surface area contributed by atoms with Gasteiger partial charge in [-0.15, -0.1) is 16.8 Å². The molecular formula is C19H16ClN5. The Bertz CT molecular complexity index is 972. The van der Waals surface area contributed by atoms with E-state index >= 15 is 0 Å². The van der Waals surface area contributed by atoms with Gasteiger partial charge >= 0.3 is 0 Å². The SMILES string of the molecule is C=CCN1N=C(c2ccc(Cl)cc2)c2ccccc2-n2c(C)nnc21. The van der Waals surface area contributed by atoms with Crippen molar-refractivity contribution in [2.45, 2.75) is 6.92 Å². The zero-order chi connectivity index (χ0) is 17.4. The second kappa shape index (κ2) is 6.18. The van der Waals surface area contributed by atoms with Crippen LogP contribution in [0, 0.1) is 6.92 Å². The second-order valence-electron chi connectivity index (χ2n) is 5.73. The number of aromatic nitrogens is 3. The third-order valence-corrected chi connectivity index (χ3v) is 4.33. The fourth-order valence-corrected chi connectivity index (χ4v) is 3.08. The Morgan fingerprint density at radius 3 is 2.60 bits per heavy atom. The summed E-state index contributed by atoms with van der Waals surface area (Å²) in [6, 6.07) is 15.8. The molecule has 2 aromatic carbocycles. The van der Waals surface area contributed by atoms with Crippen LogP contribution in [0.3, 0.4) is 0 Å². The van der Waals surface area contributed by atoms with E-state index in [0.717, 1.165) is 28.4 Å². The summed E-state index contributed by atoms with van der Waals surface area (Å²) in [5.41, 5.74) is 3.86. The number of benzene rings is 2. The summed E-state index contributed by atoms with van der Waals surface area (Å²) in [6.07, 6.45) is 1.80. The van der Waals surface area contributed by atoms with Crippen LogP contribution in [0.1, 0.15) is 17.0 Å². The van der Waals surface area contributed by atoms with E-state index in [1.54, 1.807) is 6.08 Å². The number of hydrazone groups is 1. The maximum absolute atomic E-state index is 6.05. The van der Waals surface area contributed by atoms with Crippen molar-refractivity contribution in [2.24, 2.45) is 5.10 Å². The number of anilines is 1.